The number of aromatic nitrogens is 1. The van der Waals surface area contributed by atoms with Crippen LogP contribution >= 0.6 is 11.0 Å². The van der Waals surface area contributed by atoms with Gasteiger partial charge in [-0.3, -0.25) is 23.6 Å². The van der Waals surface area contributed by atoms with Gasteiger partial charge in [0.25, 0.3) is 5.91 Å². The maximum atomic E-state index is 13.0. The SMILES string of the molecule is NC1=NS(O)(O)Nc2cccc(OC[C@H]3CCCCN3C(=O)c3ccncc3O)c21. The van der Waals surface area contributed by atoms with Crippen molar-refractivity contribution < 1.29 is 23.7 Å². The molecule has 10 nitrogen and oxygen atoms in total. The quantitative estimate of drug-likeness (QED) is 0.493. The van der Waals surface area contributed by atoms with E-state index in [1.165, 1.54) is 18.5 Å². The van der Waals surface area contributed by atoms with Gasteiger partial charge in [-0.15, -0.1) is 4.40 Å². The molecule has 0 radical (unpaired) electrons. The highest BCUT2D eigenvalue weighted by Crippen LogP contribution is 2.46. The Balaban J connectivity index is 1.53. The minimum atomic E-state index is -3.38. The molecule has 1 amide bonds. The van der Waals surface area contributed by atoms with Crippen LogP contribution in [0.25, 0.3) is 0 Å². The number of carbonyl (C=O) groups excluding carboxylic acids is 1. The van der Waals surface area contributed by atoms with Gasteiger partial charge in [0.2, 0.25) is 0 Å². The van der Waals surface area contributed by atoms with E-state index in [0.717, 1.165) is 19.3 Å². The predicted octanol–water partition coefficient (Wildman–Crippen LogP) is 2.57. The number of benzene rings is 1. The second-order valence-corrected chi connectivity index (χ2v) is 8.55. The number of nitrogens with two attached hydrogens (primary N) is 1. The number of anilines is 1. The molecule has 1 aromatic carbocycles. The third-order valence-corrected chi connectivity index (χ3v) is 6.05. The number of hydrogen-bond donors (Lipinski definition) is 5. The van der Waals surface area contributed by atoms with Crippen molar-refractivity contribution >= 4 is 28.4 Å². The molecule has 30 heavy (non-hydrogen) atoms. The van der Waals surface area contributed by atoms with Crippen molar-refractivity contribution in [3.8, 4) is 11.5 Å². The van der Waals surface area contributed by atoms with Gasteiger partial charge in [0.05, 0.1) is 29.1 Å². The number of piperidine rings is 1. The number of likely N-dealkylation sites (tertiary alicyclic amines) is 1. The Hall–Kier alpha value is -3.02. The number of amidine groups is 1. The van der Waals surface area contributed by atoms with Gasteiger partial charge in [0, 0.05) is 12.7 Å². The molecule has 0 saturated carbocycles. The standard InChI is InChI=1S/C19H23N5O5S/c20-18-17-14(22-30(27,28)23-18)5-3-6-16(17)29-11-12-4-1-2-9-24(12)19(26)13-7-8-21-10-15(13)25/h3,5-8,10,12,22,25,27-28H,1-2,4,9,11H2,(H2,20,23)/t12-/m1/s1. The Morgan fingerprint density at radius 1 is 1.33 bits per heavy atom. The lowest BCUT2D eigenvalue weighted by molar-refractivity contribution is 0.0525. The van der Waals surface area contributed by atoms with E-state index in [-0.39, 0.29) is 35.7 Å². The predicted molar refractivity (Wildman–Crippen MR) is 114 cm³/mol. The van der Waals surface area contributed by atoms with Crippen molar-refractivity contribution in [2.45, 2.75) is 25.3 Å². The lowest BCUT2D eigenvalue weighted by Crippen LogP contribution is -2.46. The van der Waals surface area contributed by atoms with Crippen LogP contribution in [0.1, 0.15) is 35.2 Å². The molecule has 2 aliphatic heterocycles. The highest BCUT2D eigenvalue weighted by Gasteiger charge is 2.30. The third kappa shape index (κ3) is 3.99. The van der Waals surface area contributed by atoms with Crippen LogP contribution in [0.3, 0.4) is 0 Å². The van der Waals surface area contributed by atoms with E-state index >= 15 is 0 Å². The molecule has 0 unspecified atom stereocenters. The van der Waals surface area contributed by atoms with Crippen LogP contribution in [0.4, 0.5) is 5.69 Å². The van der Waals surface area contributed by atoms with Crippen LogP contribution in [0.15, 0.2) is 41.1 Å². The van der Waals surface area contributed by atoms with E-state index in [0.29, 0.717) is 23.5 Å². The number of nitrogens with one attached hydrogen (secondary N) is 1. The van der Waals surface area contributed by atoms with Crippen molar-refractivity contribution in [3.05, 3.63) is 47.8 Å². The van der Waals surface area contributed by atoms with Crippen LogP contribution in [0, 0.1) is 0 Å². The maximum Gasteiger partial charge on any atom is 0.258 e. The molecule has 2 aliphatic rings. The fourth-order valence-corrected chi connectivity index (χ4v) is 4.58. The second kappa shape index (κ2) is 8.01. The first-order valence-electron chi connectivity index (χ1n) is 9.47. The summed E-state index contributed by atoms with van der Waals surface area (Å²) in [4.78, 5) is 18.5. The molecule has 0 aliphatic carbocycles. The minimum Gasteiger partial charge on any atom is -0.505 e. The molecule has 1 aromatic heterocycles. The van der Waals surface area contributed by atoms with E-state index in [2.05, 4.69) is 14.1 Å². The molecule has 1 saturated heterocycles. The summed E-state index contributed by atoms with van der Waals surface area (Å²) in [6, 6.07) is 6.38. The van der Waals surface area contributed by atoms with Crippen molar-refractivity contribution in [2.24, 2.45) is 10.1 Å². The Morgan fingerprint density at radius 2 is 2.17 bits per heavy atom. The molecule has 1 atom stereocenters. The van der Waals surface area contributed by atoms with Gasteiger partial charge in [0.15, 0.2) is 5.84 Å². The van der Waals surface area contributed by atoms with E-state index in [4.69, 9.17) is 10.5 Å². The van der Waals surface area contributed by atoms with Gasteiger partial charge in [-0.2, -0.15) is 0 Å². The first kappa shape index (κ1) is 20.3. The van der Waals surface area contributed by atoms with Crippen LogP contribution in [0.5, 0.6) is 11.5 Å². The van der Waals surface area contributed by atoms with E-state index < -0.39 is 11.0 Å². The lowest BCUT2D eigenvalue weighted by Gasteiger charge is -2.36. The number of fused-ring (bicyclic) bond motifs is 1. The van der Waals surface area contributed by atoms with Crippen molar-refractivity contribution in [3.63, 3.8) is 0 Å². The first-order chi connectivity index (χ1) is 14.4. The molecular formula is C19H23N5O5S. The molecule has 1 fully saturated rings. The van der Waals surface area contributed by atoms with Crippen molar-refractivity contribution in [1.29, 1.82) is 0 Å². The summed E-state index contributed by atoms with van der Waals surface area (Å²) in [5, 5.41) is 10.00. The normalized spacial score (nSPS) is 21.1. The number of aromatic hydroxyl groups is 1. The number of ether oxygens (including phenoxy) is 1. The number of rotatable bonds is 4. The fourth-order valence-electron chi connectivity index (χ4n) is 3.70. The summed E-state index contributed by atoms with van der Waals surface area (Å²) in [7, 11) is -3.38. The molecule has 6 N–H and O–H groups in total. The fraction of sp³-hybridized carbons (Fsp3) is 0.316. The van der Waals surface area contributed by atoms with E-state index in [9.17, 15) is 19.0 Å². The molecule has 0 bridgehead atoms. The average molecular weight is 433 g/mol. The summed E-state index contributed by atoms with van der Waals surface area (Å²) in [5.74, 6) is -0.0209. The second-order valence-electron chi connectivity index (χ2n) is 7.13. The summed E-state index contributed by atoms with van der Waals surface area (Å²) in [5.41, 5.74) is 7.00. The number of amides is 1. The Morgan fingerprint density at radius 3 is 2.97 bits per heavy atom. The average Bonchev–Trinajstić information content (AvgIpc) is 2.71. The molecule has 2 aromatic rings. The Bertz CT molecular complexity index is 999. The maximum absolute atomic E-state index is 13.0. The first-order valence-corrected chi connectivity index (χ1v) is 11.0. The molecular weight excluding hydrogens is 410 g/mol. The zero-order valence-electron chi connectivity index (χ0n) is 16.1. The number of pyridine rings is 1. The Labute approximate surface area is 175 Å². The van der Waals surface area contributed by atoms with Gasteiger partial charge >= 0.3 is 0 Å². The van der Waals surface area contributed by atoms with E-state index in [1.807, 2.05) is 0 Å². The Kier molecular flexibility index (Phi) is 5.41. The van der Waals surface area contributed by atoms with Gasteiger partial charge in [-0.1, -0.05) is 6.07 Å². The monoisotopic (exact) mass is 433 g/mol. The zero-order valence-corrected chi connectivity index (χ0v) is 16.9. The van der Waals surface area contributed by atoms with E-state index in [1.54, 1.807) is 23.1 Å². The smallest absolute Gasteiger partial charge is 0.258 e. The van der Waals surface area contributed by atoms with Crippen LogP contribution in [0.2, 0.25) is 0 Å². The largest absolute Gasteiger partial charge is 0.505 e. The molecule has 11 heteroatoms. The molecule has 4 rings (SSSR count). The summed E-state index contributed by atoms with van der Waals surface area (Å²) in [6.07, 6.45) is 5.31. The highest BCUT2D eigenvalue weighted by atomic mass is 32.3. The van der Waals surface area contributed by atoms with Crippen LogP contribution in [-0.4, -0.2) is 55.0 Å². The van der Waals surface area contributed by atoms with Gasteiger partial charge in [-0.25, -0.2) is 0 Å². The molecule has 160 valence electrons. The topological polar surface area (TPSA) is 154 Å². The lowest BCUT2D eigenvalue weighted by atomic mass is 10.0. The molecule has 3 heterocycles. The summed E-state index contributed by atoms with van der Waals surface area (Å²) in [6.45, 7) is 0.783. The van der Waals surface area contributed by atoms with Crippen LogP contribution < -0.4 is 15.2 Å². The van der Waals surface area contributed by atoms with Crippen molar-refractivity contribution in [2.75, 3.05) is 17.9 Å². The minimum absolute atomic E-state index is 0.0300. The number of nitrogens with zero attached hydrogens (tertiary/aromatic N) is 3. The summed E-state index contributed by atoms with van der Waals surface area (Å²) >= 11 is 0. The highest BCUT2D eigenvalue weighted by molar-refractivity contribution is 8.24. The van der Waals surface area contributed by atoms with Gasteiger partial charge < -0.3 is 20.5 Å². The van der Waals surface area contributed by atoms with Crippen LogP contribution in [-0.2, 0) is 0 Å². The number of carbonyl (C=O) groups is 1. The zero-order chi connectivity index (χ0) is 21.3. The van der Waals surface area contributed by atoms with Gasteiger partial charge in [-0.05, 0) is 48.4 Å². The van der Waals surface area contributed by atoms with Crippen molar-refractivity contribution in [1.82, 2.24) is 9.88 Å². The summed E-state index contributed by atoms with van der Waals surface area (Å²) < 4.78 is 31.8. The number of hydrogen-bond acceptors (Lipinski definition) is 9. The molecule has 0 spiro atoms. The van der Waals surface area contributed by atoms with Gasteiger partial charge in [0.1, 0.15) is 18.1 Å². The third-order valence-electron chi connectivity index (χ3n) is 5.10.